The molecular formula is C13H16N2S. The molecule has 1 heterocycles. The van der Waals surface area contributed by atoms with Crippen molar-refractivity contribution in [3.05, 3.63) is 33.8 Å². The smallest absolute Gasteiger partial charge is 0.114 e. The minimum Gasteiger partial charge on any atom is -0.389 e. The summed E-state index contributed by atoms with van der Waals surface area (Å²) in [6.07, 6.45) is 0. The topological polar surface area (TPSA) is 38.9 Å². The lowest BCUT2D eigenvalue weighted by Gasteiger charge is -2.08. The molecule has 0 saturated heterocycles. The van der Waals surface area contributed by atoms with Crippen molar-refractivity contribution in [2.45, 2.75) is 27.7 Å². The summed E-state index contributed by atoms with van der Waals surface area (Å²) >= 11 is 1.55. The van der Waals surface area contributed by atoms with E-state index in [1.165, 1.54) is 16.7 Å². The van der Waals surface area contributed by atoms with Gasteiger partial charge >= 0.3 is 0 Å². The van der Waals surface area contributed by atoms with E-state index in [9.17, 15) is 0 Å². The molecule has 3 heteroatoms. The highest BCUT2D eigenvalue weighted by Crippen LogP contribution is 2.33. The third-order valence-electron chi connectivity index (χ3n) is 2.86. The number of nitrogen functional groups attached to an aromatic ring is 1. The fraction of sp³-hybridized carbons (Fsp3) is 0.308. The van der Waals surface area contributed by atoms with Crippen LogP contribution in [0.1, 0.15) is 21.7 Å². The van der Waals surface area contributed by atoms with Crippen LogP contribution >= 0.6 is 11.3 Å². The van der Waals surface area contributed by atoms with Gasteiger partial charge in [-0.1, -0.05) is 6.07 Å². The summed E-state index contributed by atoms with van der Waals surface area (Å²) in [6.45, 7) is 8.34. The summed E-state index contributed by atoms with van der Waals surface area (Å²) in [6, 6.07) is 4.37. The Bertz CT molecular complexity index is 541. The van der Waals surface area contributed by atoms with Gasteiger partial charge in [-0.2, -0.15) is 0 Å². The third-order valence-corrected chi connectivity index (χ3v) is 3.66. The van der Waals surface area contributed by atoms with Crippen LogP contribution < -0.4 is 5.73 Å². The number of rotatable bonds is 1. The molecule has 2 N–H and O–H groups in total. The molecule has 0 aliphatic heterocycles. The second kappa shape index (κ2) is 3.91. The Hall–Kier alpha value is -1.35. The maximum Gasteiger partial charge on any atom is 0.114 e. The van der Waals surface area contributed by atoms with E-state index >= 15 is 0 Å². The van der Waals surface area contributed by atoms with E-state index in [-0.39, 0.29) is 0 Å². The van der Waals surface area contributed by atoms with Crippen LogP contribution in [-0.4, -0.2) is 4.98 Å². The fourth-order valence-electron chi connectivity index (χ4n) is 1.85. The Morgan fingerprint density at radius 2 is 1.62 bits per heavy atom. The summed E-state index contributed by atoms with van der Waals surface area (Å²) in [4.78, 5) is 4.51. The highest BCUT2D eigenvalue weighted by atomic mass is 32.1. The van der Waals surface area contributed by atoms with Gasteiger partial charge in [-0.3, -0.25) is 0 Å². The highest BCUT2D eigenvalue weighted by Gasteiger charge is 2.11. The van der Waals surface area contributed by atoms with Gasteiger partial charge in [-0.15, -0.1) is 11.3 Å². The molecule has 0 bridgehead atoms. The van der Waals surface area contributed by atoms with Crippen LogP contribution in [0.25, 0.3) is 11.3 Å². The van der Waals surface area contributed by atoms with Crippen molar-refractivity contribution in [2.24, 2.45) is 0 Å². The van der Waals surface area contributed by atoms with Crippen molar-refractivity contribution in [1.82, 2.24) is 4.98 Å². The quantitative estimate of drug-likeness (QED) is 0.815. The maximum absolute atomic E-state index is 5.99. The molecule has 2 aromatic rings. The van der Waals surface area contributed by atoms with Crippen LogP contribution in [0.4, 0.5) is 5.00 Å². The summed E-state index contributed by atoms with van der Waals surface area (Å²) in [5.74, 6) is 0. The third kappa shape index (κ3) is 1.83. The zero-order valence-corrected chi connectivity index (χ0v) is 10.9. The minimum absolute atomic E-state index is 0.809. The van der Waals surface area contributed by atoms with Crippen LogP contribution in [0.15, 0.2) is 12.1 Å². The molecule has 0 amide bonds. The van der Waals surface area contributed by atoms with Gasteiger partial charge in [0.25, 0.3) is 0 Å². The van der Waals surface area contributed by atoms with E-state index in [2.05, 4.69) is 37.9 Å². The Labute approximate surface area is 100 Å². The molecule has 0 radical (unpaired) electrons. The normalized spacial score (nSPS) is 10.8. The first kappa shape index (κ1) is 11.1. The van der Waals surface area contributed by atoms with Gasteiger partial charge in [0.15, 0.2) is 0 Å². The van der Waals surface area contributed by atoms with Crippen molar-refractivity contribution < 1.29 is 0 Å². The Balaban J connectivity index is 2.64. The molecule has 0 atom stereocenters. The average molecular weight is 232 g/mol. The lowest BCUT2D eigenvalue weighted by Crippen LogP contribution is -1.92. The molecule has 2 nitrogen and oxygen atoms in total. The van der Waals surface area contributed by atoms with Crippen molar-refractivity contribution in [1.29, 1.82) is 0 Å². The molecule has 84 valence electrons. The minimum atomic E-state index is 0.809. The summed E-state index contributed by atoms with van der Waals surface area (Å²) in [7, 11) is 0. The number of nitrogens with two attached hydrogens (primary N) is 1. The summed E-state index contributed by atoms with van der Waals surface area (Å²) in [5.41, 5.74) is 11.9. The van der Waals surface area contributed by atoms with Gasteiger partial charge in [0.2, 0.25) is 0 Å². The fourth-order valence-corrected chi connectivity index (χ4v) is 2.56. The summed E-state index contributed by atoms with van der Waals surface area (Å²) in [5, 5.41) is 1.83. The zero-order chi connectivity index (χ0) is 11.9. The monoisotopic (exact) mass is 232 g/mol. The number of nitrogens with zero attached hydrogens (tertiary/aromatic N) is 1. The standard InChI is InChI=1S/C13H16N2S/c1-7-5-9(3)11(6-8(7)2)12-13(14)16-10(4)15-12/h5-6H,14H2,1-4H3. The van der Waals surface area contributed by atoms with Crippen LogP contribution in [0.3, 0.4) is 0 Å². The lowest BCUT2D eigenvalue weighted by atomic mass is 9.99. The molecule has 16 heavy (non-hydrogen) atoms. The van der Waals surface area contributed by atoms with Gasteiger partial charge in [-0.25, -0.2) is 4.98 Å². The van der Waals surface area contributed by atoms with Gasteiger partial charge < -0.3 is 5.73 Å². The van der Waals surface area contributed by atoms with Crippen molar-refractivity contribution >= 4 is 16.3 Å². The first-order chi connectivity index (χ1) is 7.49. The Morgan fingerprint density at radius 3 is 2.19 bits per heavy atom. The van der Waals surface area contributed by atoms with E-state index in [4.69, 9.17) is 5.73 Å². The SMILES string of the molecule is Cc1nc(-c2cc(C)c(C)cc2C)c(N)s1. The Kier molecular flexibility index (Phi) is 2.72. The van der Waals surface area contributed by atoms with Crippen molar-refractivity contribution in [3.8, 4) is 11.3 Å². The molecular weight excluding hydrogens is 216 g/mol. The highest BCUT2D eigenvalue weighted by molar-refractivity contribution is 7.16. The maximum atomic E-state index is 5.99. The van der Waals surface area contributed by atoms with E-state index in [1.807, 2.05) is 6.92 Å². The number of thiazole rings is 1. The van der Waals surface area contributed by atoms with E-state index in [0.29, 0.717) is 0 Å². The second-order valence-corrected chi connectivity index (χ2v) is 5.43. The molecule has 1 aromatic heterocycles. The molecule has 0 spiro atoms. The lowest BCUT2D eigenvalue weighted by molar-refractivity contribution is 1.26. The van der Waals surface area contributed by atoms with Crippen LogP contribution in [0.2, 0.25) is 0 Å². The summed E-state index contributed by atoms with van der Waals surface area (Å²) < 4.78 is 0. The number of hydrogen-bond donors (Lipinski definition) is 1. The number of anilines is 1. The first-order valence-electron chi connectivity index (χ1n) is 5.30. The average Bonchev–Trinajstić information content (AvgIpc) is 2.51. The van der Waals surface area contributed by atoms with Gasteiger partial charge in [0.1, 0.15) is 10.7 Å². The van der Waals surface area contributed by atoms with E-state index in [1.54, 1.807) is 11.3 Å². The van der Waals surface area contributed by atoms with E-state index < -0.39 is 0 Å². The zero-order valence-electron chi connectivity index (χ0n) is 10.1. The predicted molar refractivity (Wildman–Crippen MR) is 70.9 cm³/mol. The predicted octanol–water partition coefficient (Wildman–Crippen LogP) is 3.63. The Morgan fingerprint density at radius 1 is 1.00 bits per heavy atom. The molecule has 0 saturated carbocycles. The number of hydrogen-bond acceptors (Lipinski definition) is 3. The molecule has 0 aliphatic rings. The molecule has 0 aliphatic carbocycles. The van der Waals surface area contributed by atoms with Gasteiger partial charge in [0, 0.05) is 5.56 Å². The van der Waals surface area contributed by atoms with Crippen LogP contribution in [0, 0.1) is 27.7 Å². The second-order valence-electron chi connectivity index (χ2n) is 4.20. The number of aryl methyl sites for hydroxylation is 4. The van der Waals surface area contributed by atoms with Crippen LogP contribution in [0.5, 0.6) is 0 Å². The number of aromatic nitrogens is 1. The van der Waals surface area contributed by atoms with Gasteiger partial charge in [-0.05, 0) is 50.5 Å². The first-order valence-corrected chi connectivity index (χ1v) is 6.12. The van der Waals surface area contributed by atoms with Gasteiger partial charge in [0.05, 0.1) is 5.01 Å². The molecule has 2 rings (SSSR count). The largest absolute Gasteiger partial charge is 0.389 e. The van der Waals surface area contributed by atoms with Crippen molar-refractivity contribution in [2.75, 3.05) is 5.73 Å². The van der Waals surface area contributed by atoms with Crippen molar-refractivity contribution in [3.63, 3.8) is 0 Å². The molecule has 0 unspecified atom stereocenters. The van der Waals surface area contributed by atoms with E-state index in [0.717, 1.165) is 21.3 Å². The molecule has 0 fully saturated rings. The molecule has 1 aromatic carbocycles. The van der Waals surface area contributed by atoms with Crippen LogP contribution in [-0.2, 0) is 0 Å². The number of benzene rings is 1.